The number of carbonyl (C=O) groups excluding carboxylic acids is 2. The highest BCUT2D eigenvalue weighted by atomic mass is 16.6. The maximum atomic E-state index is 11.9. The molecular formula is C17H25NO4. The van der Waals surface area contributed by atoms with Gasteiger partial charge in [-0.2, -0.15) is 0 Å². The van der Waals surface area contributed by atoms with Crippen molar-refractivity contribution in [2.75, 3.05) is 6.61 Å². The zero-order chi connectivity index (χ0) is 16.9. The fraction of sp³-hybridized carbons (Fsp3) is 0.529. The van der Waals surface area contributed by atoms with E-state index in [-0.39, 0.29) is 11.8 Å². The van der Waals surface area contributed by atoms with Gasteiger partial charge in [0.05, 0.1) is 0 Å². The minimum absolute atomic E-state index is 0.216. The van der Waals surface area contributed by atoms with Gasteiger partial charge in [-0.25, -0.2) is 4.79 Å². The average molecular weight is 307 g/mol. The summed E-state index contributed by atoms with van der Waals surface area (Å²) in [5, 5.41) is 0. The molecule has 0 aliphatic carbocycles. The van der Waals surface area contributed by atoms with Crippen LogP contribution in [0.5, 0.6) is 5.75 Å². The molecule has 0 aliphatic heterocycles. The number of ether oxygens (including phenoxy) is 2. The Morgan fingerprint density at radius 2 is 1.55 bits per heavy atom. The van der Waals surface area contributed by atoms with E-state index in [1.54, 1.807) is 0 Å². The van der Waals surface area contributed by atoms with Gasteiger partial charge in [0.1, 0.15) is 11.8 Å². The van der Waals surface area contributed by atoms with E-state index < -0.39 is 24.6 Å². The Kier molecular flexibility index (Phi) is 6.56. The summed E-state index contributed by atoms with van der Waals surface area (Å²) in [6.07, 6.45) is 0. The lowest BCUT2D eigenvalue weighted by Gasteiger charge is -2.19. The van der Waals surface area contributed by atoms with Crippen molar-refractivity contribution < 1.29 is 19.1 Å². The van der Waals surface area contributed by atoms with E-state index in [9.17, 15) is 9.59 Å². The molecule has 0 amide bonds. The van der Waals surface area contributed by atoms with Gasteiger partial charge < -0.3 is 15.2 Å². The zero-order valence-electron chi connectivity index (χ0n) is 13.9. The normalized spacial score (nSPS) is 12.4. The number of rotatable bonds is 6. The van der Waals surface area contributed by atoms with Crippen LogP contribution in [0.15, 0.2) is 18.2 Å². The number of nitrogens with two attached hydrogens (primary N) is 1. The van der Waals surface area contributed by atoms with E-state index in [0.29, 0.717) is 5.75 Å². The van der Waals surface area contributed by atoms with Gasteiger partial charge in [-0.3, -0.25) is 4.79 Å². The van der Waals surface area contributed by atoms with Crippen molar-refractivity contribution in [1.82, 2.24) is 0 Å². The lowest BCUT2D eigenvalue weighted by molar-refractivity contribution is -0.154. The summed E-state index contributed by atoms with van der Waals surface area (Å²) in [6.45, 7) is 9.20. The quantitative estimate of drug-likeness (QED) is 0.646. The lowest BCUT2D eigenvalue weighted by atomic mass is 9.94. The Morgan fingerprint density at radius 3 is 1.95 bits per heavy atom. The van der Waals surface area contributed by atoms with Crippen LogP contribution in [0.2, 0.25) is 0 Å². The lowest BCUT2D eigenvalue weighted by Crippen LogP contribution is -2.31. The molecule has 2 N–H and O–H groups in total. The van der Waals surface area contributed by atoms with Crippen molar-refractivity contribution in [2.45, 2.75) is 52.5 Å². The summed E-state index contributed by atoms with van der Waals surface area (Å²) >= 11 is 0. The van der Waals surface area contributed by atoms with Crippen LogP contribution in [0, 0.1) is 0 Å². The molecule has 0 heterocycles. The SMILES string of the molecule is CC(C)c1cccc(C(C)C)c1OC(=O)COC(=O)[C@@H](C)N. The van der Waals surface area contributed by atoms with Gasteiger partial charge in [0.2, 0.25) is 0 Å². The second kappa shape index (κ2) is 7.94. The molecule has 1 atom stereocenters. The number of carbonyl (C=O) groups is 2. The van der Waals surface area contributed by atoms with E-state index in [4.69, 9.17) is 15.2 Å². The molecule has 1 aromatic rings. The Balaban J connectivity index is 2.91. The highest BCUT2D eigenvalue weighted by Crippen LogP contribution is 2.34. The third-order valence-electron chi connectivity index (χ3n) is 3.24. The highest BCUT2D eigenvalue weighted by Gasteiger charge is 2.19. The summed E-state index contributed by atoms with van der Waals surface area (Å²) in [5.41, 5.74) is 7.29. The molecule has 0 spiro atoms. The van der Waals surface area contributed by atoms with Crippen molar-refractivity contribution in [3.63, 3.8) is 0 Å². The van der Waals surface area contributed by atoms with Gasteiger partial charge in [0, 0.05) is 0 Å². The van der Waals surface area contributed by atoms with E-state index in [0.717, 1.165) is 11.1 Å². The van der Waals surface area contributed by atoms with Crippen LogP contribution in [-0.2, 0) is 14.3 Å². The van der Waals surface area contributed by atoms with Crippen LogP contribution in [0.4, 0.5) is 0 Å². The summed E-state index contributed by atoms with van der Waals surface area (Å²) < 4.78 is 10.3. The molecular weight excluding hydrogens is 282 g/mol. The molecule has 5 nitrogen and oxygen atoms in total. The minimum atomic E-state index is -0.762. The molecule has 0 saturated carbocycles. The molecule has 0 aliphatic rings. The van der Waals surface area contributed by atoms with Crippen LogP contribution in [0.3, 0.4) is 0 Å². The van der Waals surface area contributed by atoms with E-state index in [2.05, 4.69) is 0 Å². The first-order valence-corrected chi connectivity index (χ1v) is 7.49. The maximum absolute atomic E-state index is 11.9. The standard InChI is InChI=1S/C17H25NO4/c1-10(2)13-7-6-8-14(11(3)4)16(13)22-15(19)9-21-17(20)12(5)18/h6-8,10-12H,9,18H2,1-5H3/t12-/m1/s1. The Morgan fingerprint density at radius 1 is 1.05 bits per heavy atom. The predicted molar refractivity (Wildman–Crippen MR) is 84.9 cm³/mol. The number of hydrogen-bond acceptors (Lipinski definition) is 5. The Hall–Kier alpha value is -1.88. The molecule has 0 saturated heterocycles. The minimum Gasteiger partial charge on any atom is -0.453 e. The topological polar surface area (TPSA) is 78.6 Å². The maximum Gasteiger partial charge on any atom is 0.349 e. The van der Waals surface area contributed by atoms with E-state index in [1.807, 2.05) is 45.9 Å². The second-order valence-electron chi connectivity index (χ2n) is 5.95. The molecule has 22 heavy (non-hydrogen) atoms. The third-order valence-corrected chi connectivity index (χ3v) is 3.24. The van der Waals surface area contributed by atoms with Gasteiger partial charge in [-0.05, 0) is 29.9 Å². The molecule has 122 valence electrons. The number of esters is 2. The van der Waals surface area contributed by atoms with Crippen LogP contribution < -0.4 is 10.5 Å². The van der Waals surface area contributed by atoms with E-state index in [1.165, 1.54) is 6.92 Å². The molecule has 0 unspecified atom stereocenters. The predicted octanol–water partition coefficient (Wildman–Crippen LogP) is 2.73. The smallest absolute Gasteiger partial charge is 0.349 e. The Labute approximate surface area is 131 Å². The largest absolute Gasteiger partial charge is 0.453 e. The van der Waals surface area contributed by atoms with Crippen molar-refractivity contribution in [3.05, 3.63) is 29.3 Å². The zero-order valence-corrected chi connectivity index (χ0v) is 13.9. The van der Waals surface area contributed by atoms with Crippen molar-refractivity contribution in [1.29, 1.82) is 0 Å². The number of para-hydroxylation sites is 1. The fourth-order valence-corrected chi connectivity index (χ4v) is 2.01. The molecule has 0 radical (unpaired) electrons. The van der Waals surface area contributed by atoms with Gasteiger partial charge in [-0.1, -0.05) is 45.9 Å². The first kappa shape index (κ1) is 18.2. The third kappa shape index (κ3) is 4.84. The van der Waals surface area contributed by atoms with Crippen LogP contribution >= 0.6 is 0 Å². The Bertz CT molecular complexity index is 509. The monoisotopic (exact) mass is 307 g/mol. The summed E-state index contributed by atoms with van der Waals surface area (Å²) in [5.74, 6) is -0.238. The van der Waals surface area contributed by atoms with Gasteiger partial charge >= 0.3 is 11.9 Å². The molecule has 1 rings (SSSR count). The summed E-state index contributed by atoms with van der Waals surface area (Å²) in [4.78, 5) is 23.2. The molecule has 1 aromatic carbocycles. The highest BCUT2D eigenvalue weighted by molar-refractivity contribution is 5.80. The fourth-order valence-electron chi connectivity index (χ4n) is 2.01. The molecule has 0 fully saturated rings. The number of benzene rings is 1. The van der Waals surface area contributed by atoms with Gasteiger partial charge in [-0.15, -0.1) is 0 Å². The molecule has 0 bridgehead atoms. The average Bonchev–Trinajstić information content (AvgIpc) is 2.44. The summed E-state index contributed by atoms with van der Waals surface area (Å²) in [6, 6.07) is 5.07. The van der Waals surface area contributed by atoms with Crippen LogP contribution in [-0.4, -0.2) is 24.6 Å². The van der Waals surface area contributed by atoms with Gasteiger partial charge in [0.15, 0.2) is 6.61 Å². The van der Waals surface area contributed by atoms with Crippen LogP contribution in [0.25, 0.3) is 0 Å². The van der Waals surface area contributed by atoms with Crippen LogP contribution in [0.1, 0.15) is 57.6 Å². The molecule has 0 aromatic heterocycles. The van der Waals surface area contributed by atoms with Gasteiger partial charge in [0.25, 0.3) is 0 Å². The summed E-state index contributed by atoms with van der Waals surface area (Å²) in [7, 11) is 0. The molecule has 5 heteroatoms. The van der Waals surface area contributed by atoms with Crippen molar-refractivity contribution >= 4 is 11.9 Å². The first-order chi connectivity index (χ1) is 10.2. The second-order valence-corrected chi connectivity index (χ2v) is 5.95. The van der Waals surface area contributed by atoms with Crippen molar-refractivity contribution in [3.8, 4) is 5.75 Å². The first-order valence-electron chi connectivity index (χ1n) is 7.49. The van der Waals surface area contributed by atoms with Crippen molar-refractivity contribution in [2.24, 2.45) is 5.73 Å². The number of hydrogen-bond donors (Lipinski definition) is 1. The van der Waals surface area contributed by atoms with E-state index >= 15 is 0 Å².